The minimum absolute atomic E-state index is 0.00343. The number of aromatic nitrogens is 2. The highest BCUT2D eigenvalue weighted by Gasteiger charge is 2.12. The van der Waals surface area contributed by atoms with Gasteiger partial charge in [-0.2, -0.15) is 5.10 Å². The van der Waals surface area contributed by atoms with Crippen LogP contribution >= 0.6 is 0 Å². The van der Waals surface area contributed by atoms with E-state index >= 15 is 0 Å². The maximum atomic E-state index is 12.6. The third kappa shape index (κ3) is 3.88. The Bertz CT molecular complexity index is 821. The van der Waals surface area contributed by atoms with Crippen LogP contribution in [0.25, 0.3) is 5.69 Å². The highest BCUT2D eigenvalue weighted by molar-refractivity contribution is 5.94. The van der Waals surface area contributed by atoms with Crippen LogP contribution in [0.4, 0.5) is 5.69 Å². The fraction of sp³-hybridized carbons (Fsp3) is 0.200. The van der Waals surface area contributed by atoms with Crippen LogP contribution in [0.3, 0.4) is 0 Å². The number of anilines is 1. The summed E-state index contributed by atoms with van der Waals surface area (Å²) in [5, 5.41) is 4.19. The molecule has 1 amide bonds. The summed E-state index contributed by atoms with van der Waals surface area (Å²) in [5.41, 5.74) is 3.85. The number of hydrogen-bond acceptors (Lipinski definition) is 3. The molecule has 3 aromatic rings. The first kappa shape index (κ1) is 16.8. The molecule has 3 rings (SSSR count). The van der Waals surface area contributed by atoms with E-state index in [4.69, 9.17) is 0 Å². The van der Waals surface area contributed by atoms with Crippen LogP contribution in [0.5, 0.6) is 0 Å². The van der Waals surface area contributed by atoms with Gasteiger partial charge in [0.2, 0.25) is 0 Å². The van der Waals surface area contributed by atoms with E-state index in [9.17, 15) is 4.79 Å². The van der Waals surface area contributed by atoms with E-state index in [0.717, 1.165) is 16.9 Å². The summed E-state index contributed by atoms with van der Waals surface area (Å²) in [5.74, 6) is 0.00343. The third-order valence-corrected chi connectivity index (χ3v) is 4.10. The number of nitrogens with zero attached hydrogens (tertiary/aromatic N) is 4. The smallest absolute Gasteiger partial charge is 0.253 e. The molecule has 0 bridgehead atoms. The second-order valence-corrected chi connectivity index (χ2v) is 6.22. The summed E-state index contributed by atoms with van der Waals surface area (Å²) in [4.78, 5) is 16.4. The van der Waals surface area contributed by atoms with Crippen molar-refractivity contribution in [1.29, 1.82) is 0 Å². The monoisotopic (exact) mass is 334 g/mol. The Morgan fingerprint density at radius 2 is 1.68 bits per heavy atom. The summed E-state index contributed by atoms with van der Waals surface area (Å²) in [7, 11) is 5.85. The molecular formula is C20H22N4O. The summed E-state index contributed by atoms with van der Waals surface area (Å²) in [6.07, 6.45) is 3.61. The lowest BCUT2D eigenvalue weighted by atomic mass is 10.1. The molecule has 0 saturated carbocycles. The Labute approximate surface area is 148 Å². The second kappa shape index (κ2) is 7.21. The molecule has 0 unspecified atom stereocenters. The molecule has 25 heavy (non-hydrogen) atoms. The van der Waals surface area contributed by atoms with Crippen LogP contribution in [-0.4, -0.2) is 41.7 Å². The van der Waals surface area contributed by atoms with E-state index in [1.165, 1.54) is 0 Å². The molecule has 0 aliphatic carbocycles. The van der Waals surface area contributed by atoms with Crippen LogP contribution in [0.1, 0.15) is 15.9 Å². The predicted octanol–water partition coefficient (Wildman–Crippen LogP) is 3.21. The maximum absolute atomic E-state index is 12.6. The summed E-state index contributed by atoms with van der Waals surface area (Å²) in [6, 6.07) is 17.6. The lowest BCUT2D eigenvalue weighted by Crippen LogP contribution is -2.26. The molecule has 2 aromatic carbocycles. The summed E-state index contributed by atoms with van der Waals surface area (Å²) < 4.78 is 1.77. The molecule has 0 spiro atoms. The normalized spacial score (nSPS) is 10.5. The van der Waals surface area contributed by atoms with Crippen molar-refractivity contribution in [3.05, 3.63) is 78.1 Å². The van der Waals surface area contributed by atoms with Crippen molar-refractivity contribution in [1.82, 2.24) is 14.7 Å². The van der Waals surface area contributed by atoms with Crippen LogP contribution in [0.2, 0.25) is 0 Å². The Morgan fingerprint density at radius 3 is 2.24 bits per heavy atom. The molecular weight excluding hydrogens is 312 g/mol. The minimum Gasteiger partial charge on any atom is -0.378 e. The first-order chi connectivity index (χ1) is 12.0. The minimum atomic E-state index is 0.00343. The number of carbonyl (C=O) groups is 1. The molecule has 1 heterocycles. The fourth-order valence-corrected chi connectivity index (χ4v) is 2.64. The highest BCUT2D eigenvalue weighted by Crippen LogP contribution is 2.15. The van der Waals surface area contributed by atoms with Gasteiger partial charge in [-0.05, 0) is 48.0 Å². The number of amides is 1. The molecule has 1 aromatic heterocycles. The van der Waals surface area contributed by atoms with Gasteiger partial charge >= 0.3 is 0 Å². The van der Waals surface area contributed by atoms with E-state index in [2.05, 4.69) is 34.3 Å². The van der Waals surface area contributed by atoms with Crippen molar-refractivity contribution in [3.63, 3.8) is 0 Å². The van der Waals surface area contributed by atoms with Crippen LogP contribution in [0, 0.1) is 0 Å². The predicted molar refractivity (Wildman–Crippen MR) is 100 cm³/mol. The first-order valence-electron chi connectivity index (χ1n) is 8.16. The molecule has 0 atom stereocenters. The Kier molecular flexibility index (Phi) is 4.84. The van der Waals surface area contributed by atoms with E-state index in [-0.39, 0.29) is 5.91 Å². The van der Waals surface area contributed by atoms with E-state index in [0.29, 0.717) is 12.1 Å². The summed E-state index contributed by atoms with van der Waals surface area (Å²) >= 11 is 0. The Hall–Kier alpha value is -3.08. The molecule has 0 saturated heterocycles. The van der Waals surface area contributed by atoms with Crippen molar-refractivity contribution < 1.29 is 4.79 Å². The van der Waals surface area contributed by atoms with Gasteiger partial charge in [-0.1, -0.05) is 12.1 Å². The maximum Gasteiger partial charge on any atom is 0.253 e. The zero-order valence-corrected chi connectivity index (χ0v) is 14.8. The summed E-state index contributed by atoms with van der Waals surface area (Å²) in [6.45, 7) is 0.577. The van der Waals surface area contributed by atoms with Crippen LogP contribution in [0.15, 0.2) is 67.0 Å². The molecule has 0 N–H and O–H groups in total. The van der Waals surface area contributed by atoms with Crippen molar-refractivity contribution >= 4 is 11.6 Å². The fourth-order valence-electron chi connectivity index (χ4n) is 2.64. The average Bonchev–Trinajstić information content (AvgIpc) is 3.16. The average molecular weight is 334 g/mol. The molecule has 128 valence electrons. The van der Waals surface area contributed by atoms with Crippen molar-refractivity contribution in [2.75, 3.05) is 26.0 Å². The highest BCUT2D eigenvalue weighted by atomic mass is 16.2. The zero-order chi connectivity index (χ0) is 17.8. The standard InChI is InChI=1S/C20H22N4O/c1-22(2)18-9-5-16(6-10-18)15-23(3)20(25)17-7-11-19(12-8-17)24-14-4-13-21-24/h4-14H,15H2,1-3H3. The van der Waals surface area contributed by atoms with Gasteiger partial charge in [0.25, 0.3) is 5.91 Å². The molecule has 0 radical (unpaired) electrons. The largest absolute Gasteiger partial charge is 0.378 e. The molecule has 0 fully saturated rings. The van der Waals surface area contributed by atoms with Crippen molar-refractivity contribution in [2.45, 2.75) is 6.54 Å². The lowest BCUT2D eigenvalue weighted by Gasteiger charge is -2.18. The van der Waals surface area contributed by atoms with Gasteiger partial charge < -0.3 is 9.80 Å². The second-order valence-electron chi connectivity index (χ2n) is 6.22. The van der Waals surface area contributed by atoms with E-state index in [1.54, 1.807) is 15.8 Å². The quantitative estimate of drug-likeness (QED) is 0.719. The van der Waals surface area contributed by atoms with Gasteiger partial charge in [0.05, 0.1) is 5.69 Å². The Morgan fingerprint density at radius 1 is 1.00 bits per heavy atom. The van der Waals surface area contributed by atoms with Gasteiger partial charge in [-0.3, -0.25) is 4.79 Å². The topological polar surface area (TPSA) is 41.4 Å². The number of rotatable bonds is 5. The van der Waals surface area contributed by atoms with Gasteiger partial charge in [-0.25, -0.2) is 4.68 Å². The van der Waals surface area contributed by atoms with Gasteiger partial charge in [0.15, 0.2) is 0 Å². The van der Waals surface area contributed by atoms with Gasteiger partial charge in [0, 0.05) is 51.3 Å². The van der Waals surface area contributed by atoms with Crippen molar-refractivity contribution in [3.8, 4) is 5.69 Å². The number of benzene rings is 2. The Balaban J connectivity index is 1.67. The molecule has 0 aliphatic heterocycles. The number of carbonyl (C=O) groups excluding carboxylic acids is 1. The zero-order valence-electron chi connectivity index (χ0n) is 14.8. The molecule has 5 heteroatoms. The van der Waals surface area contributed by atoms with Gasteiger partial charge in [-0.15, -0.1) is 0 Å². The van der Waals surface area contributed by atoms with Crippen LogP contribution in [-0.2, 0) is 6.54 Å². The number of hydrogen-bond donors (Lipinski definition) is 0. The van der Waals surface area contributed by atoms with Gasteiger partial charge in [0.1, 0.15) is 0 Å². The van der Waals surface area contributed by atoms with Crippen LogP contribution < -0.4 is 4.90 Å². The van der Waals surface area contributed by atoms with E-state index in [1.807, 2.05) is 57.7 Å². The third-order valence-electron chi connectivity index (χ3n) is 4.10. The first-order valence-corrected chi connectivity index (χ1v) is 8.16. The molecule has 5 nitrogen and oxygen atoms in total. The lowest BCUT2D eigenvalue weighted by molar-refractivity contribution is 0.0785. The van der Waals surface area contributed by atoms with Crippen molar-refractivity contribution in [2.24, 2.45) is 0 Å². The molecule has 0 aliphatic rings. The SMILES string of the molecule is CN(Cc1ccc(N(C)C)cc1)C(=O)c1ccc(-n2cccn2)cc1. The van der Waals surface area contributed by atoms with E-state index < -0.39 is 0 Å².